The van der Waals surface area contributed by atoms with E-state index in [1.54, 1.807) is 13.1 Å². The summed E-state index contributed by atoms with van der Waals surface area (Å²) in [6.45, 7) is 8.92. The van der Waals surface area contributed by atoms with Crippen LogP contribution in [0.15, 0.2) is 23.2 Å². The zero-order valence-corrected chi connectivity index (χ0v) is 17.3. The Hall–Kier alpha value is -1.13. The molecule has 0 bridgehead atoms. The van der Waals surface area contributed by atoms with Crippen molar-refractivity contribution >= 4 is 29.9 Å². The number of rotatable bonds is 5. The Labute approximate surface area is 165 Å². The number of phenolic OH excluding ortho intramolecular Hbond substituents is 1. The van der Waals surface area contributed by atoms with E-state index in [4.69, 9.17) is 4.74 Å². The molecule has 1 heterocycles. The van der Waals surface area contributed by atoms with Crippen LogP contribution in [0, 0.1) is 5.82 Å². The van der Waals surface area contributed by atoms with Gasteiger partial charge in [0.15, 0.2) is 17.5 Å². The van der Waals surface area contributed by atoms with Crippen LogP contribution in [0.5, 0.6) is 5.75 Å². The Bertz CT molecular complexity index is 578. The molecule has 25 heavy (non-hydrogen) atoms. The summed E-state index contributed by atoms with van der Waals surface area (Å²) in [6, 6.07) is 4.34. The fraction of sp³-hybridized carbons (Fsp3) is 0.588. The first-order valence-corrected chi connectivity index (χ1v) is 8.17. The van der Waals surface area contributed by atoms with E-state index in [0.717, 1.165) is 38.4 Å². The van der Waals surface area contributed by atoms with E-state index in [0.29, 0.717) is 12.5 Å². The Morgan fingerprint density at radius 2 is 2.00 bits per heavy atom. The summed E-state index contributed by atoms with van der Waals surface area (Å²) in [5.74, 6) is -0.302. The molecule has 0 spiro atoms. The van der Waals surface area contributed by atoms with E-state index >= 15 is 0 Å². The summed E-state index contributed by atoms with van der Waals surface area (Å²) in [5.41, 5.74) is 0.715. The topological polar surface area (TPSA) is 69.1 Å². The smallest absolute Gasteiger partial charge is 0.191 e. The number of aliphatic imine (C=N–C) groups is 1. The van der Waals surface area contributed by atoms with Gasteiger partial charge in [-0.05, 0) is 31.5 Å². The molecule has 1 aliphatic heterocycles. The average Bonchev–Trinajstić information content (AvgIpc) is 2.59. The molecule has 0 unspecified atom stereocenters. The average molecular weight is 466 g/mol. The first-order chi connectivity index (χ1) is 11.4. The van der Waals surface area contributed by atoms with Crippen molar-refractivity contribution in [3.63, 3.8) is 0 Å². The van der Waals surface area contributed by atoms with Gasteiger partial charge in [0, 0.05) is 38.8 Å². The third kappa shape index (κ3) is 6.59. The SMILES string of the molecule is CN=C(NCc1ccc(O)c(F)c1)NCC(C)(C)N1CCOCC1.I. The van der Waals surface area contributed by atoms with Crippen molar-refractivity contribution in [3.8, 4) is 5.75 Å². The van der Waals surface area contributed by atoms with Gasteiger partial charge >= 0.3 is 0 Å². The lowest BCUT2D eigenvalue weighted by atomic mass is 10.0. The molecular weight excluding hydrogens is 438 g/mol. The second-order valence-corrected chi connectivity index (χ2v) is 6.48. The predicted molar refractivity (Wildman–Crippen MR) is 108 cm³/mol. The van der Waals surface area contributed by atoms with Gasteiger partial charge in [-0.1, -0.05) is 6.07 Å². The van der Waals surface area contributed by atoms with Gasteiger partial charge in [-0.2, -0.15) is 0 Å². The van der Waals surface area contributed by atoms with Crippen molar-refractivity contribution in [1.82, 2.24) is 15.5 Å². The zero-order chi connectivity index (χ0) is 17.6. The van der Waals surface area contributed by atoms with Gasteiger partial charge in [0.2, 0.25) is 0 Å². The molecule has 1 saturated heterocycles. The van der Waals surface area contributed by atoms with Crippen LogP contribution in [0.4, 0.5) is 4.39 Å². The van der Waals surface area contributed by atoms with E-state index in [-0.39, 0.29) is 35.3 Å². The number of phenols is 1. The lowest BCUT2D eigenvalue weighted by molar-refractivity contribution is -0.00834. The van der Waals surface area contributed by atoms with Crippen LogP contribution >= 0.6 is 24.0 Å². The molecule has 1 aromatic rings. The molecular formula is C17H28FIN4O2. The minimum atomic E-state index is -0.620. The second-order valence-electron chi connectivity index (χ2n) is 6.48. The van der Waals surface area contributed by atoms with Gasteiger partial charge in [0.05, 0.1) is 13.2 Å². The summed E-state index contributed by atoms with van der Waals surface area (Å²) in [6.07, 6.45) is 0. The molecule has 6 nitrogen and oxygen atoms in total. The Morgan fingerprint density at radius 3 is 2.60 bits per heavy atom. The highest BCUT2D eigenvalue weighted by Gasteiger charge is 2.28. The number of ether oxygens (including phenoxy) is 1. The van der Waals surface area contributed by atoms with Gasteiger partial charge in [0.25, 0.3) is 0 Å². The maximum atomic E-state index is 13.4. The minimum Gasteiger partial charge on any atom is -0.505 e. The van der Waals surface area contributed by atoms with Crippen molar-refractivity contribution < 1.29 is 14.2 Å². The first-order valence-electron chi connectivity index (χ1n) is 8.17. The third-order valence-electron chi connectivity index (χ3n) is 4.25. The van der Waals surface area contributed by atoms with Crippen molar-refractivity contribution in [1.29, 1.82) is 0 Å². The largest absolute Gasteiger partial charge is 0.505 e. The molecule has 8 heteroatoms. The summed E-state index contributed by atoms with van der Waals surface area (Å²) in [4.78, 5) is 6.59. The minimum absolute atomic E-state index is 0. The first kappa shape index (κ1) is 21.9. The maximum Gasteiger partial charge on any atom is 0.191 e. The number of hydrogen-bond donors (Lipinski definition) is 3. The van der Waals surface area contributed by atoms with Gasteiger partial charge < -0.3 is 20.5 Å². The molecule has 1 aliphatic rings. The molecule has 1 aromatic carbocycles. The van der Waals surface area contributed by atoms with Gasteiger partial charge in [0.1, 0.15) is 0 Å². The molecule has 1 fully saturated rings. The highest BCUT2D eigenvalue weighted by atomic mass is 127. The van der Waals surface area contributed by atoms with Gasteiger partial charge in [-0.3, -0.25) is 9.89 Å². The zero-order valence-electron chi connectivity index (χ0n) is 15.0. The monoisotopic (exact) mass is 466 g/mol. The predicted octanol–water partition coefficient (Wildman–Crippen LogP) is 1.93. The number of benzene rings is 1. The van der Waals surface area contributed by atoms with Crippen LogP contribution in [-0.2, 0) is 11.3 Å². The quantitative estimate of drug-likeness (QED) is 0.352. The number of nitrogens with one attached hydrogen (secondary N) is 2. The Kier molecular flexibility index (Phi) is 8.87. The number of aromatic hydroxyl groups is 1. The van der Waals surface area contributed by atoms with Crippen molar-refractivity contribution in [3.05, 3.63) is 29.6 Å². The van der Waals surface area contributed by atoms with Crippen LogP contribution in [0.2, 0.25) is 0 Å². The standard InChI is InChI=1S/C17H27FN4O2.HI/c1-17(2,22-6-8-24-9-7-22)12-21-16(19-3)20-11-13-4-5-15(23)14(18)10-13;/h4-5,10,23H,6-9,11-12H2,1-3H3,(H2,19,20,21);1H. The maximum absolute atomic E-state index is 13.4. The number of morpholine rings is 1. The molecule has 0 radical (unpaired) electrons. The molecule has 0 saturated carbocycles. The van der Waals surface area contributed by atoms with Crippen LogP contribution in [0.3, 0.4) is 0 Å². The number of halogens is 2. The van der Waals surface area contributed by atoms with Crippen LogP contribution in [-0.4, -0.2) is 61.4 Å². The van der Waals surface area contributed by atoms with Gasteiger partial charge in [-0.15, -0.1) is 24.0 Å². The van der Waals surface area contributed by atoms with Crippen LogP contribution in [0.25, 0.3) is 0 Å². The number of nitrogens with zero attached hydrogens (tertiary/aromatic N) is 2. The normalized spacial score (nSPS) is 16.2. The summed E-state index contributed by atoms with van der Waals surface area (Å²) < 4.78 is 18.8. The summed E-state index contributed by atoms with van der Waals surface area (Å²) >= 11 is 0. The van der Waals surface area contributed by atoms with Gasteiger partial charge in [-0.25, -0.2) is 4.39 Å². The number of hydrogen-bond acceptors (Lipinski definition) is 4. The molecule has 0 atom stereocenters. The van der Waals surface area contributed by atoms with Crippen molar-refractivity contribution in [2.45, 2.75) is 25.9 Å². The fourth-order valence-electron chi connectivity index (χ4n) is 2.65. The molecule has 0 aromatic heterocycles. The molecule has 3 N–H and O–H groups in total. The van der Waals surface area contributed by atoms with Crippen molar-refractivity contribution in [2.75, 3.05) is 39.9 Å². The highest BCUT2D eigenvalue weighted by molar-refractivity contribution is 14.0. The van der Waals surface area contributed by atoms with E-state index < -0.39 is 5.82 Å². The van der Waals surface area contributed by atoms with Crippen LogP contribution < -0.4 is 10.6 Å². The number of guanidine groups is 1. The van der Waals surface area contributed by atoms with E-state index in [1.165, 1.54) is 12.1 Å². The van der Waals surface area contributed by atoms with E-state index in [9.17, 15) is 9.50 Å². The molecule has 2 rings (SSSR count). The Balaban J connectivity index is 0.00000312. The summed E-state index contributed by atoms with van der Waals surface area (Å²) in [5, 5.41) is 15.7. The lowest BCUT2D eigenvalue weighted by Gasteiger charge is -2.41. The third-order valence-corrected chi connectivity index (χ3v) is 4.25. The Morgan fingerprint density at radius 1 is 1.32 bits per heavy atom. The van der Waals surface area contributed by atoms with E-state index in [1.807, 2.05) is 0 Å². The summed E-state index contributed by atoms with van der Waals surface area (Å²) in [7, 11) is 1.70. The van der Waals surface area contributed by atoms with E-state index in [2.05, 4.69) is 34.4 Å². The molecule has 0 aliphatic carbocycles. The second kappa shape index (κ2) is 10.1. The van der Waals surface area contributed by atoms with Crippen LogP contribution in [0.1, 0.15) is 19.4 Å². The fourth-order valence-corrected chi connectivity index (χ4v) is 2.65. The van der Waals surface area contributed by atoms with Crippen molar-refractivity contribution in [2.24, 2.45) is 4.99 Å². The molecule has 142 valence electrons. The highest BCUT2D eigenvalue weighted by Crippen LogP contribution is 2.16. The molecule has 0 amide bonds. The lowest BCUT2D eigenvalue weighted by Crippen LogP contribution is -2.56.